The zero-order valence-electron chi connectivity index (χ0n) is 19.5. The van der Waals surface area contributed by atoms with Crippen molar-refractivity contribution in [3.05, 3.63) is 71.4 Å². The van der Waals surface area contributed by atoms with Crippen molar-refractivity contribution in [3.63, 3.8) is 0 Å². The van der Waals surface area contributed by atoms with Gasteiger partial charge in [0, 0.05) is 28.4 Å². The molecule has 5 rings (SSSR count). The number of allylic oxidation sites excluding steroid dienone is 1. The van der Waals surface area contributed by atoms with E-state index in [1.165, 1.54) is 66.0 Å². The van der Waals surface area contributed by atoms with Crippen LogP contribution in [0.3, 0.4) is 0 Å². The molecule has 0 spiro atoms. The molecular weight excluding hydrogens is 424 g/mol. The number of nitrogens with zero attached hydrogens (tertiary/aromatic N) is 2. The van der Waals surface area contributed by atoms with E-state index in [2.05, 4.69) is 46.3 Å². The summed E-state index contributed by atoms with van der Waals surface area (Å²) < 4.78 is 0. The van der Waals surface area contributed by atoms with E-state index < -0.39 is 0 Å². The Bertz CT molecular complexity index is 1100. The van der Waals surface area contributed by atoms with Crippen molar-refractivity contribution in [2.24, 2.45) is 10.9 Å². The summed E-state index contributed by atoms with van der Waals surface area (Å²) in [4.78, 5) is 8.20. The van der Waals surface area contributed by atoms with Gasteiger partial charge in [0.25, 0.3) is 0 Å². The van der Waals surface area contributed by atoms with E-state index in [1.54, 1.807) is 0 Å². The van der Waals surface area contributed by atoms with Crippen LogP contribution in [0.2, 0.25) is 0 Å². The highest BCUT2D eigenvalue weighted by Crippen LogP contribution is 2.42. The minimum Gasteiger partial charge on any atom is -0.385 e. The van der Waals surface area contributed by atoms with Crippen LogP contribution in [-0.4, -0.2) is 19.3 Å². The molecule has 1 aromatic heterocycles. The molecule has 1 aliphatic heterocycles. The van der Waals surface area contributed by atoms with E-state index in [9.17, 15) is 0 Å². The zero-order valence-corrected chi connectivity index (χ0v) is 20.3. The minimum atomic E-state index is 0.645. The molecule has 1 aromatic carbocycles. The van der Waals surface area contributed by atoms with Crippen molar-refractivity contribution in [1.29, 1.82) is 0 Å². The van der Waals surface area contributed by atoms with E-state index in [1.807, 2.05) is 35.8 Å². The van der Waals surface area contributed by atoms with Crippen LogP contribution in [0.25, 0.3) is 5.70 Å². The molecule has 2 heterocycles. The van der Waals surface area contributed by atoms with Crippen LogP contribution in [-0.2, 0) is 12.8 Å². The number of aryl methyl sites for hydroxylation is 1. The summed E-state index contributed by atoms with van der Waals surface area (Å²) in [7, 11) is 0. The average molecular weight is 459 g/mol. The van der Waals surface area contributed by atoms with Gasteiger partial charge in [-0.1, -0.05) is 44.7 Å². The quantitative estimate of drug-likeness (QED) is 0.446. The fourth-order valence-corrected chi connectivity index (χ4v) is 6.66. The number of para-hydroxylation sites is 2. The molecule has 0 amide bonds. The van der Waals surface area contributed by atoms with Gasteiger partial charge in [-0.25, -0.2) is 0 Å². The lowest BCUT2D eigenvalue weighted by molar-refractivity contribution is 0.531. The number of anilines is 2. The van der Waals surface area contributed by atoms with Gasteiger partial charge in [0.1, 0.15) is 5.00 Å². The molecule has 0 saturated heterocycles. The lowest BCUT2D eigenvalue weighted by Crippen LogP contribution is -2.28. The summed E-state index contributed by atoms with van der Waals surface area (Å²) in [5.74, 6) is 0.787. The molecule has 0 unspecified atom stereocenters. The Morgan fingerprint density at radius 2 is 1.88 bits per heavy atom. The first-order chi connectivity index (χ1) is 16.1. The Labute approximate surface area is 201 Å². The van der Waals surface area contributed by atoms with Gasteiger partial charge in [0.15, 0.2) is 0 Å². The van der Waals surface area contributed by atoms with Crippen molar-refractivity contribution in [1.82, 2.24) is 5.32 Å². The molecule has 2 N–H and O–H groups in total. The van der Waals surface area contributed by atoms with Crippen molar-refractivity contribution in [3.8, 4) is 0 Å². The largest absolute Gasteiger partial charge is 0.385 e. The van der Waals surface area contributed by atoms with Gasteiger partial charge in [0.2, 0.25) is 0 Å². The van der Waals surface area contributed by atoms with Crippen LogP contribution < -0.4 is 15.5 Å². The van der Waals surface area contributed by atoms with E-state index in [4.69, 9.17) is 0 Å². The highest BCUT2D eigenvalue weighted by atomic mass is 32.1. The van der Waals surface area contributed by atoms with Crippen molar-refractivity contribution in [2.75, 3.05) is 23.3 Å². The highest BCUT2D eigenvalue weighted by Gasteiger charge is 2.25. The SMILES string of the molecule is C=C(CN1C(=C)C=Nc2ccccc21)Nc1sc2c(c1C(=C)NCC1CCCC1)CCCC2. The maximum Gasteiger partial charge on any atom is 0.102 e. The van der Waals surface area contributed by atoms with E-state index in [-0.39, 0.29) is 0 Å². The molecule has 5 heteroatoms. The fraction of sp³-hybridized carbons (Fsp3) is 0.393. The summed E-state index contributed by atoms with van der Waals surface area (Å²) in [5, 5.41) is 8.54. The van der Waals surface area contributed by atoms with Gasteiger partial charge < -0.3 is 15.5 Å². The second-order valence-electron chi connectivity index (χ2n) is 9.48. The van der Waals surface area contributed by atoms with E-state index in [0.717, 1.165) is 47.3 Å². The van der Waals surface area contributed by atoms with Gasteiger partial charge in [-0.05, 0) is 62.1 Å². The van der Waals surface area contributed by atoms with Gasteiger partial charge in [-0.15, -0.1) is 11.3 Å². The molecular formula is C28H34N4S. The number of rotatable bonds is 8. The van der Waals surface area contributed by atoms with Crippen LogP contribution in [0.4, 0.5) is 16.4 Å². The van der Waals surface area contributed by atoms with Crippen LogP contribution in [0, 0.1) is 5.92 Å². The van der Waals surface area contributed by atoms with Crippen molar-refractivity contribution < 1.29 is 0 Å². The molecule has 33 heavy (non-hydrogen) atoms. The predicted molar refractivity (Wildman–Crippen MR) is 144 cm³/mol. The molecule has 2 aliphatic carbocycles. The van der Waals surface area contributed by atoms with Crippen LogP contribution in [0.5, 0.6) is 0 Å². The highest BCUT2D eigenvalue weighted by molar-refractivity contribution is 7.16. The Morgan fingerprint density at radius 3 is 2.73 bits per heavy atom. The topological polar surface area (TPSA) is 39.7 Å². The monoisotopic (exact) mass is 458 g/mol. The number of nitrogens with one attached hydrogen (secondary N) is 2. The molecule has 1 saturated carbocycles. The Balaban J connectivity index is 1.34. The summed E-state index contributed by atoms with van der Waals surface area (Å²) in [6.45, 7) is 14.7. The first kappa shape index (κ1) is 22.0. The maximum atomic E-state index is 4.52. The van der Waals surface area contributed by atoms with Crippen molar-refractivity contribution in [2.45, 2.75) is 51.4 Å². The molecule has 2 aromatic rings. The number of aliphatic imine (C=N–C) groups is 1. The van der Waals surface area contributed by atoms with E-state index in [0.29, 0.717) is 6.54 Å². The third-order valence-corrected chi connectivity index (χ3v) is 8.27. The summed E-state index contributed by atoms with van der Waals surface area (Å²) in [6.07, 6.45) is 12.1. The third kappa shape index (κ3) is 4.65. The number of thiophene rings is 1. The Morgan fingerprint density at radius 1 is 1.09 bits per heavy atom. The number of hydrogen-bond donors (Lipinski definition) is 2. The minimum absolute atomic E-state index is 0.645. The smallest absolute Gasteiger partial charge is 0.102 e. The molecule has 0 bridgehead atoms. The summed E-state index contributed by atoms with van der Waals surface area (Å²) in [5.41, 5.74) is 7.71. The molecule has 3 aliphatic rings. The van der Waals surface area contributed by atoms with Crippen molar-refractivity contribution >= 4 is 39.6 Å². The standard InChI is InChI=1S/C28H34N4S/c1-19(18-32-20(2)16-30-24-13-7-8-14-25(24)32)31-28-27(23-12-6-9-15-26(23)33-28)21(3)29-17-22-10-4-5-11-22/h7-8,13-14,16,22,29,31H,1-6,9-12,15,17-18H2. The van der Waals surface area contributed by atoms with Gasteiger partial charge in [-0.2, -0.15) is 0 Å². The predicted octanol–water partition coefficient (Wildman–Crippen LogP) is 7.04. The Hall–Kier alpha value is -2.79. The lowest BCUT2D eigenvalue weighted by atomic mass is 9.94. The maximum absolute atomic E-state index is 4.52. The average Bonchev–Trinajstić information content (AvgIpc) is 3.47. The second-order valence-corrected chi connectivity index (χ2v) is 10.6. The Kier molecular flexibility index (Phi) is 6.41. The number of benzene rings is 1. The summed E-state index contributed by atoms with van der Waals surface area (Å²) >= 11 is 1.89. The molecule has 0 radical (unpaired) electrons. The second kappa shape index (κ2) is 9.60. The molecule has 0 atom stereocenters. The number of hydrogen-bond acceptors (Lipinski definition) is 5. The normalized spacial score (nSPS) is 17.6. The molecule has 4 nitrogen and oxygen atoms in total. The van der Waals surface area contributed by atoms with Crippen LogP contribution >= 0.6 is 11.3 Å². The molecule has 1 fully saturated rings. The van der Waals surface area contributed by atoms with Gasteiger partial charge >= 0.3 is 0 Å². The lowest BCUT2D eigenvalue weighted by Gasteiger charge is -2.30. The zero-order chi connectivity index (χ0) is 22.8. The first-order valence-electron chi connectivity index (χ1n) is 12.2. The van der Waals surface area contributed by atoms with Crippen LogP contribution in [0.15, 0.2) is 60.4 Å². The number of fused-ring (bicyclic) bond motifs is 2. The first-order valence-corrected chi connectivity index (χ1v) is 13.0. The van der Waals surface area contributed by atoms with Crippen LogP contribution in [0.1, 0.15) is 54.5 Å². The van der Waals surface area contributed by atoms with Gasteiger partial charge in [0.05, 0.1) is 29.8 Å². The third-order valence-electron chi connectivity index (χ3n) is 7.06. The molecule has 172 valence electrons. The van der Waals surface area contributed by atoms with E-state index >= 15 is 0 Å². The summed E-state index contributed by atoms with van der Waals surface area (Å²) in [6, 6.07) is 8.19. The van der Waals surface area contributed by atoms with Gasteiger partial charge in [-0.3, -0.25) is 4.99 Å². The fourth-order valence-electron chi connectivity index (χ4n) is 5.29.